The maximum Gasteiger partial charge on any atom is 0.410 e. The second-order valence-corrected chi connectivity index (χ2v) is 11.8. The lowest BCUT2D eigenvalue weighted by atomic mass is 9.75. The van der Waals surface area contributed by atoms with E-state index in [1.165, 1.54) is 19.3 Å². The molecule has 6 heteroatoms. The molecule has 0 spiro atoms. The number of nitrogens with zero attached hydrogens (tertiary/aromatic N) is 1. The van der Waals surface area contributed by atoms with Crippen molar-refractivity contribution in [2.75, 3.05) is 6.54 Å². The number of ketones is 1. The SMILES string of the molecule is CC(C)(C)OC(=O)c1ccc(CC(=O)[C@@H]2[C@H](C3CCCCC3)CCN2C(=O)OC(C)(C)C)cc1. The average molecular weight is 472 g/mol. The molecule has 0 aromatic heterocycles. The van der Waals surface area contributed by atoms with E-state index >= 15 is 0 Å². The van der Waals surface area contributed by atoms with E-state index in [1.807, 2.05) is 41.5 Å². The first-order valence-corrected chi connectivity index (χ1v) is 12.7. The van der Waals surface area contributed by atoms with Crippen molar-refractivity contribution in [2.45, 2.75) is 104 Å². The minimum atomic E-state index is -0.606. The number of benzene rings is 1. The maximum absolute atomic E-state index is 13.6. The Morgan fingerprint density at radius 1 is 0.853 bits per heavy atom. The topological polar surface area (TPSA) is 72.9 Å². The predicted octanol–water partition coefficient (Wildman–Crippen LogP) is 5.96. The number of carbonyl (C=O) groups excluding carboxylic acids is 3. The van der Waals surface area contributed by atoms with E-state index in [4.69, 9.17) is 9.47 Å². The van der Waals surface area contributed by atoms with Gasteiger partial charge in [-0.05, 0) is 77.5 Å². The molecule has 1 amide bonds. The summed E-state index contributed by atoms with van der Waals surface area (Å²) in [7, 11) is 0. The molecule has 0 N–H and O–H groups in total. The fourth-order valence-electron chi connectivity index (χ4n) is 5.21. The summed E-state index contributed by atoms with van der Waals surface area (Å²) in [6.07, 6.45) is 6.56. The highest BCUT2D eigenvalue weighted by Crippen LogP contribution is 2.40. The number of ether oxygens (including phenoxy) is 2. The van der Waals surface area contributed by atoms with Gasteiger partial charge in [-0.25, -0.2) is 9.59 Å². The van der Waals surface area contributed by atoms with E-state index in [0.29, 0.717) is 18.0 Å². The van der Waals surface area contributed by atoms with E-state index in [9.17, 15) is 14.4 Å². The number of Topliss-reactive ketones (excluding diaryl/α,β-unsaturated/α-hetero) is 1. The number of carbonyl (C=O) groups is 3. The van der Waals surface area contributed by atoms with Crippen LogP contribution in [0.4, 0.5) is 4.79 Å². The van der Waals surface area contributed by atoms with Crippen molar-refractivity contribution in [1.82, 2.24) is 4.90 Å². The smallest absolute Gasteiger partial charge is 0.410 e. The second kappa shape index (κ2) is 10.5. The Morgan fingerprint density at radius 3 is 2.00 bits per heavy atom. The molecule has 34 heavy (non-hydrogen) atoms. The lowest BCUT2D eigenvalue weighted by molar-refractivity contribution is -0.124. The van der Waals surface area contributed by atoms with Crippen molar-refractivity contribution in [1.29, 1.82) is 0 Å². The van der Waals surface area contributed by atoms with Crippen LogP contribution >= 0.6 is 0 Å². The molecule has 1 aliphatic carbocycles. The van der Waals surface area contributed by atoms with Crippen LogP contribution in [0.2, 0.25) is 0 Å². The van der Waals surface area contributed by atoms with Gasteiger partial charge in [0.25, 0.3) is 0 Å². The van der Waals surface area contributed by atoms with Crippen LogP contribution in [-0.2, 0) is 20.7 Å². The Morgan fingerprint density at radius 2 is 1.44 bits per heavy atom. The van der Waals surface area contributed by atoms with Crippen LogP contribution in [0.15, 0.2) is 24.3 Å². The lowest BCUT2D eigenvalue weighted by Gasteiger charge is -2.34. The highest BCUT2D eigenvalue weighted by atomic mass is 16.6. The molecule has 1 aromatic carbocycles. The molecule has 3 rings (SSSR count). The van der Waals surface area contributed by atoms with Crippen LogP contribution in [0.3, 0.4) is 0 Å². The monoisotopic (exact) mass is 471 g/mol. The van der Waals surface area contributed by atoms with Gasteiger partial charge < -0.3 is 9.47 Å². The van der Waals surface area contributed by atoms with Crippen LogP contribution < -0.4 is 0 Å². The number of hydrogen-bond donors (Lipinski definition) is 0. The lowest BCUT2D eigenvalue weighted by Crippen LogP contribution is -2.47. The number of likely N-dealkylation sites (tertiary alicyclic amines) is 1. The van der Waals surface area contributed by atoms with Crippen molar-refractivity contribution >= 4 is 17.8 Å². The number of amides is 1. The maximum atomic E-state index is 13.6. The summed E-state index contributed by atoms with van der Waals surface area (Å²) in [4.78, 5) is 40.6. The molecule has 0 bridgehead atoms. The Balaban J connectivity index is 1.75. The van der Waals surface area contributed by atoms with Gasteiger partial charge in [0.2, 0.25) is 0 Å². The molecule has 188 valence electrons. The number of esters is 1. The van der Waals surface area contributed by atoms with Gasteiger partial charge >= 0.3 is 12.1 Å². The fourth-order valence-corrected chi connectivity index (χ4v) is 5.21. The molecular formula is C28H41NO5. The molecule has 6 nitrogen and oxygen atoms in total. The Bertz CT molecular complexity index is 872. The van der Waals surface area contributed by atoms with Crippen LogP contribution in [-0.4, -0.2) is 46.5 Å². The van der Waals surface area contributed by atoms with Crippen molar-refractivity contribution in [3.05, 3.63) is 35.4 Å². The van der Waals surface area contributed by atoms with Crippen LogP contribution in [0.5, 0.6) is 0 Å². The zero-order chi connectivity index (χ0) is 25.1. The van der Waals surface area contributed by atoms with Gasteiger partial charge in [0, 0.05) is 13.0 Å². The quantitative estimate of drug-likeness (QED) is 0.496. The van der Waals surface area contributed by atoms with Gasteiger partial charge in [0.15, 0.2) is 5.78 Å². The van der Waals surface area contributed by atoms with Gasteiger partial charge in [-0.3, -0.25) is 9.69 Å². The minimum absolute atomic E-state index is 0.0453. The fraction of sp³-hybridized carbons (Fsp3) is 0.679. The van der Waals surface area contributed by atoms with Gasteiger partial charge in [0.1, 0.15) is 11.2 Å². The van der Waals surface area contributed by atoms with Gasteiger partial charge in [-0.15, -0.1) is 0 Å². The Labute approximate surface area is 204 Å². The highest BCUT2D eigenvalue weighted by Gasteiger charge is 2.46. The van der Waals surface area contributed by atoms with Crippen LogP contribution in [0.1, 0.15) is 96.0 Å². The summed E-state index contributed by atoms with van der Waals surface area (Å²) in [5, 5.41) is 0. The van der Waals surface area contributed by atoms with Crippen LogP contribution in [0.25, 0.3) is 0 Å². The first kappa shape index (κ1) is 26.2. The number of rotatable bonds is 5. The standard InChI is InChI=1S/C28H41NO5/c1-27(2,3)33-25(31)21-14-12-19(13-15-21)18-23(30)24-22(20-10-8-7-9-11-20)16-17-29(24)26(32)34-28(4,5)6/h12-15,20,22,24H,7-11,16-18H2,1-6H3/t22-,24-/m0/s1. The summed E-state index contributed by atoms with van der Waals surface area (Å²) < 4.78 is 11.1. The van der Waals surface area contributed by atoms with E-state index < -0.39 is 23.3 Å². The Hall–Kier alpha value is -2.37. The van der Waals surface area contributed by atoms with E-state index in [2.05, 4.69) is 0 Å². The van der Waals surface area contributed by atoms with E-state index in [1.54, 1.807) is 29.2 Å². The molecule has 1 saturated heterocycles. The molecule has 2 fully saturated rings. The van der Waals surface area contributed by atoms with Gasteiger partial charge in [-0.2, -0.15) is 0 Å². The summed E-state index contributed by atoms with van der Waals surface area (Å²) in [5.41, 5.74) is 0.122. The van der Waals surface area contributed by atoms with Crippen LogP contribution in [0, 0.1) is 11.8 Å². The predicted molar refractivity (Wildman–Crippen MR) is 132 cm³/mol. The molecular weight excluding hydrogens is 430 g/mol. The Kier molecular flexibility index (Phi) is 8.10. The third-order valence-electron chi connectivity index (χ3n) is 6.62. The molecule has 1 aliphatic heterocycles. The van der Waals surface area contributed by atoms with E-state index in [0.717, 1.165) is 24.8 Å². The zero-order valence-electron chi connectivity index (χ0n) is 21.7. The van der Waals surface area contributed by atoms with Crippen molar-refractivity contribution in [3.8, 4) is 0 Å². The summed E-state index contributed by atoms with van der Waals surface area (Å²) in [6.45, 7) is 11.6. The largest absolute Gasteiger partial charge is 0.456 e. The highest BCUT2D eigenvalue weighted by molar-refractivity contribution is 5.91. The number of hydrogen-bond acceptors (Lipinski definition) is 5. The first-order chi connectivity index (χ1) is 15.8. The molecule has 1 heterocycles. The third kappa shape index (κ3) is 7.07. The molecule has 0 radical (unpaired) electrons. The second-order valence-electron chi connectivity index (χ2n) is 11.8. The summed E-state index contributed by atoms with van der Waals surface area (Å²) in [5.74, 6) is 0.324. The molecule has 2 atom stereocenters. The minimum Gasteiger partial charge on any atom is -0.456 e. The van der Waals surface area contributed by atoms with Gasteiger partial charge in [0.05, 0.1) is 11.6 Å². The zero-order valence-corrected chi connectivity index (χ0v) is 21.7. The first-order valence-electron chi connectivity index (χ1n) is 12.7. The molecule has 1 aromatic rings. The van der Waals surface area contributed by atoms with Crippen molar-refractivity contribution in [2.24, 2.45) is 11.8 Å². The van der Waals surface area contributed by atoms with Gasteiger partial charge in [-0.1, -0.05) is 44.2 Å². The molecule has 2 aliphatic rings. The van der Waals surface area contributed by atoms with E-state index in [-0.39, 0.29) is 24.1 Å². The summed E-state index contributed by atoms with van der Waals surface area (Å²) >= 11 is 0. The molecule has 1 saturated carbocycles. The average Bonchev–Trinajstić information content (AvgIpc) is 3.18. The van der Waals surface area contributed by atoms with Crippen molar-refractivity contribution in [3.63, 3.8) is 0 Å². The normalized spacial score (nSPS) is 21.9. The molecule has 0 unspecified atom stereocenters. The summed E-state index contributed by atoms with van der Waals surface area (Å²) in [6, 6.07) is 6.56. The van der Waals surface area contributed by atoms with Crippen molar-refractivity contribution < 1.29 is 23.9 Å². The third-order valence-corrected chi connectivity index (χ3v) is 6.62.